The van der Waals surface area contributed by atoms with E-state index in [0.717, 1.165) is 42.4 Å². The first-order valence-corrected chi connectivity index (χ1v) is 10.3. The molecule has 1 aromatic carbocycles. The minimum atomic E-state index is -4.37. The van der Waals surface area contributed by atoms with Crippen LogP contribution in [-0.4, -0.2) is 19.7 Å². The highest BCUT2D eigenvalue weighted by Crippen LogP contribution is 2.57. The minimum absolute atomic E-state index is 0.0510. The van der Waals surface area contributed by atoms with Gasteiger partial charge in [0.15, 0.2) is 9.84 Å². The Hall–Kier alpha value is -2.41. The standard InChI is InChI=1S/C20H16F3NO2S/c1-27(25,26)15-6-7-18(24-12-15)17-11-19(8-9-19)10-16(17)13-2-4-14(5-3-13)20(21,22)23/h2-7,10-12H,8-9H2,1H3. The fourth-order valence-corrected chi connectivity index (χ4v) is 3.81. The summed E-state index contributed by atoms with van der Waals surface area (Å²) < 4.78 is 61.7. The van der Waals surface area contributed by atoms with Gasteiger partial charge in [-0.3, -0.25) is 4.98 Å². The second kappa shape index (κ2) is 5.79. The van der Waals surface area contributed by atoms with Gasteiger partial charge < -0.3 is 0 Å². The Morgan fingerprint density at radius 3 is 2.07 bits per heavy atom. The summed E-state index contributed by atoms with van der Waals surface area (Å²) in [5.74, 6) is 0. The molecule has 7 heteroatoms. The van der Waals surface area contributed by atoms with Crippen LogP contribution in [0.1, 0.15) is 29.7 Å². The normalized spacial score (nSPS) is 18.4. The molecule has 4 rings (SSSR count). The third-order valence-corrected chi connectivity index (χ3v) is 6.04. The van der Waals surface area contributed by atoms with E-state index in [-0.39, 0.29) is 10.3 Å². The average molecular weight is 391 g/mol. The number of hydrogen-bond donors (Lipinski definition) is 0. The van der Waals surface area contributed by atoms with Crippen molar-refractivity contribution < 1.29 is 21.6 Å². The number of hydrogen-bond acceptors (Lipinski definition) is 3. The van der Waals surface area contributed by atoms with Crippen LogP contribution in [0.15, 0.2) is 59.6 Å². The lowest BCUT2D eigenvalue weighted by Crippen LogP contribution is -2.04. The summed E-state index contributed by atoms with van der Waals surface area (Å²) in [6.45, 7) is 0. The number of rotatable bonds is 3. The highest BCUT2D eigenvalue weighted by Gasteiger charge is 2.43. The van der Waals surface area contributed by atoms with E-state index in [1.54, 1.807) is 6.07 Å². The maximum absolute atomic E-state index is 12.8. The average Bonchev–Trinajstić information content (AvgIpc) is 3.24. The molecule has 0 saturated heterocycles. The predicted molar refractivity (Wildman–Crippen MR) is 96.4 cm³/mol. The number of halogens is 3. The van der Waals surface area contributed by atoms with E-state index in [9.17, 15) is 21.6 Å². The molecule has 3 nitrogen and oxygen atoms in total. The molecule has 1 aromatic heterocycles. The summed E-state index contributed by atoms with van der Waals surface area (Å²) in [7, 11) is -3.34. The van der Waals surface area contributed by atoms with E-state index in [1.165, 1.54) is 24.4 Å². The van der Waals surface area contributed by atoms with E-state index in [0.29, 0.717) is 11.3 Å². The maximum Gasteiger partial charge on any atom is 0.416 e. The molecule has 0 unspecified atom stereocenters. The summed E-state index contributed by atoms with van der Waals surface area (Å²) in [5, 5.41) is 0. The zero-order chi connectivity index (χ0) is 19.4. The Balaban J connectivity index is 1.72. The van der Waals surface area contributed by atoms with Crippen molar-refractivity contribution in [2.24, 2.45) is 5.41 Å². The Kier molecular flexibility index (Phi) is 3.86. The monoisotopic (exact) mass is 391 g/mol. The first-order chi connectivity index (χ1) is 12.6. The van der Waals surface area contributed by atoms with Gasteiger partial charge in [-0.2, -0.15) is 13.2 Å². The van der Waals surface area contributed by atoms with Gasteiger partial charge in [0.2, 0.25) is 0 Å². The molecule has 2 aliphatic carbocycles. The summed E-state index contributed by atoms with van der Waals surface area (Å²) in [4.78, 5) is 4.42. The molecule has 2 aromatic rings. The zero-order valence-corrected chi connectivity index (χ0v) is 15.2. The fraction of sp³-hybridized carbons (Fsp3) is 0.250. The van der Waals surface area contributed by atoms with Crippen LogP contribution in [0.2, 0.25) is 0 Å². The van der Waals surface area contributed by atoms with Crippen LogP contribution < -0.4 is 0 Å². The van der Waals surface area contributed by atoms with Crippen molar-refractivity contribution in [3.8, 4) is 0 Å². The topological polar surface area (TPSA) is 47.0 Å². The third-order valence-electron chi connectivity index (χ3n) is 4.94. The Bertz CT molecular complexity index is 1060. The fourth-order valence-electron chi connectivity index (χ4n) is 3.25. The van der Waals surface area contributed by atoms with E-state index in [1.807, 2.05) is 0 Å². The predicted octanol–water partition coefficient (Wildman–Crippen LogP) is 4.76. The number of sulfone groups is 1. The lowest BCUT2D eigenvalue weighted by Gasteiger charge is -2.11. The number of aromatic nitrogens is 1. The molecule has 0 radical (unpaired) electrons. The molecule has 140 valence electrons. The van der Waals surface area contributed by atoms with Gasteiger partial charge in [0, 0.05) is 23.4 Å². The molecule has 2 aliphatic rings. The molecule has 1 spiro atoms. The number of alkyl halides is 3. The minimum Gasteiger partial charge on any atom is -0.255 e. The van der Waals surface area contributed by atoms with E-state index < -0.39 is 21.6 Å². The van der Waals surface area contributed by atoms with Crippen LogP contribution in [0, 0.1) is 5.41 Å². The molecule has 0 aliphatic heterocycles. The van der Waals surface area contributed by atoms with Crippen LogP contribution in [0.25, 0.3) is 11.1 Å². The van der Waals surface area contributed by atoms with Crippen LogP contribution in [0.5, 0.6) is 0 Å². The van der Waals surface area contributed by atoms with Crippen molar-refractivity contribution in [1.29, 1.82) is 0 Å². The molecule has 1 heterocycles. The Labute approximate surface area is 155 Å². The van der Waals surface area contributed by atoms with Crippen molar-refractivity contribution in [1.82, 2.24) is 4.98 Å². The second-order valence-corrected chi connectivity index (χ2v) is 9.09. The number of benzene rings is 1. The summed E-state index contributed by atoms with van der Waals surface area (Å²) in [6.07, 6.45) is 4.20. The summed E-state index contributed by atoms with van der Waals surface area (Å²) in [6, 6.07) is 8.23. The summed E-state index contributed by atoms with van der Waals surface area (Å²) in [5.41, 5.74) is 2.22. The number of allylic oxidation sites excluding steroid dienone is 4. The number of nitrogens with zero attached hydrogens (tertiary/aromatic N) is 1. The van der Waals surface area contributed by atoms with Crippen LogP contribution in [0.3, 0.4) is 0 Å². The van der Waals surface area contributed by atoms with Crippen molar-refractivity contribution >= 4 is 21.0 Å². The highest BCUT2D eigenvalue weighted by atomic mass is 32.2. The lowest BCUT2D eigenvalue weighted by molar-refractivity contribution is -0.137. The molecule has 0 N–H and O–H groups in total. The van der Waals surface area contributed by atoms with Crippen LogP contribution >= 0.6 is 0 Å². The van der Waals surface area contributed by atoms with Gasteiger partial charge in [0.1, 0.15) is 0 Å². The Morgan fingerprint density at radius 1 is 0.963 bits per heavy atom. The van der Waals surface area contributed by atoms with Crippen molar-refractivity contribution in [3.05, 3.63) is 71.6 Å². The van der Waals surface area contributed by atoms with E-state index in [4.69, 9.17) is 0 Å². The lowest BCUT2D eigenvalue weighted by atomic mass is 9.97. The van der Waals surface area contributed by atoms with Crippen LogP contribution in [0.4, 0.5) is 13.2 Å². The molecular formula is C20H16F3NO2S. The molecule has 0 bridgehead atoms. The van der Waals surface area contributed by atoms with Gasteiger partial charge in [0.25, 0.3) is 0 Å². The quantitative estimate of drug-likeness (QED) is 0.758. The highest BCUT2D eigenvalue weighted by molar-refractivity contribution is 7.90. The Morgan fingerprint density at radius 2 is 1.59 bits per heavy atom. The van der Waals surface area contributed by atoms with E-state index in [2.05, 4.69) is 17.1 Å². The van der Waals surface area contributed by atoms with E-state index >= 15 is 0 Å². The number of pyridine rings is 1. The van der Waals surface area contributed by atoms with Crippen molar-refractivity contribution in [2.75, 3.05) is 6.26 Å². The van der Waals surface area contributed by atoms with Gasteiger partial charge in [0.05, 0.1) is 16.2 Å². The van der Waals surface area contributed by atoms with Gasteiger partial charge in [-0.1, -0.05) is 24.3 Å². The molecule has 0 amide bonds. The molecule has 1 saturated carbocycles. The van der Waals surface area contributed by atoms with Gasteiger partial charge >= 0.3 is 6.18 Å². The largest absolute Gasteiger partial charge is 0.416 e. The summed E-state index contributed by atoms with van der Waals surface area (Å²) >= 11 is 0. The third kappa shape index (κ3) is 3.43. The van der Waals surface area contributed by atoms with Gasteiger partial charge in [-0.15, -0.1) is 0 Å². The molecule has 27 heavy (non-hydrogen) atoms. The maximum atomic E-state index is 12.8. The van der Waals surface area contributed by atoms with Crippen molar-refractivity contribution in [3.63, 3.8) is 0 Å². The van der Waals surface area contributed by atoms with Crippen LogP contribution in [-0.2, 0) is 16.0 Å². The molecular weight excluding hydrogens is 375 g/mol. The smallest absolute Gasteiger partial charge is 0.255 e. The van der Waals surface area contributed by atoms with Gasteiger partial charge in [-0.25, -0.2) is 8.42 Å². The zero-order valence-electron chi connectivity index (χ0n) is 14.4. The first-order valence-electron chi connectivity index (χ1n) is 8.38. The molecule has 1 fully saturated rings. The SMILES string of the molecule is CS(=O)(=O)c1ccc(C2=CC3(C=C2c2ccc(C(F)(F)F)cc2)CC3)nc1. The van der Waals surface area contributed by atoms with Crippen molar-refractivity contribution in [2.45, 2.75) is 23.9 Å². The van der Waals surface area contributed by atoms with Gasteiger partial charge in [-0.05, 0) is 48.2 Å². The molecule has 0 atom stereocenters. The second-order valence-electron chi connectivity index (χ2n) is 7.08. The first kappa shape index (κ1) is 18.0.